The molecule has 0 atom stereocenters. The Bertz CT molecular complexity index is 360. The molecular formula is C14H20N2O. The van der Waals surface area contributed by atoms with Gasteiger partial charge in [0.05, 0.1) is 6.54 Å². The highest BCUT2D eigenvalue weighted by Gasteiger charge is 1.99. The van der Waals surface area contributed by atoms with Gasteiger partial charge < -0.3 is 10.6 Å². The van der Waals surface area contributed by atoms with Crippen LogP contribution in [0.15, 0.2) is 42.5 Å². The van der Waals surface area contributed by atoms with Crippen molar-refractivity contribution in [2.24, 2.45) is 0 Å². The first-order chi connectivity index (χ1) is 8.18. The average molecular weight is 232 g/mol. The van der Waals surface area contributed by atoms with E-state index < -0.39 is 0 Å². The lowest BCUT2D eigenvalue weighted by Crippen LogP contribution is -2.33. The van der Waals surface area contributed by atoms with Gasteiger partial charge in [-0.1, -0.05) is 35.9 Å². The Morgan fingerprint density at radius 3 is 2.65 bits per heavy atom. The molecule has 0 aliphatic heterocycles. The number of nitrogens with one attached hydrogen (secondary N) is 2. The van der Waals surface area contributed by atoms with Gasteiger partial charge in [-0.3, -0.25) is 4.79 Å². The number of benzene rings is 1. The number of hydrogen-bond acceptors (Lipinski definition) is 2. The average Bonchev–Trinajstić information content (AvgIpc) is 2.33. The molecule has 1 aromatic rings. The fourth-order valence-corrected chi connectivity index (χ4v) is 1.36. The monoisotopic (exact) mass is 232 g/mol. The minimum atomic E-state index is 0.0237. The molecule has 3 heteroatoms. The molecule has 0 radical (unpaired) electrons. The zero-order valence-corrected chi connectivity index (χ0v) is 10.3. The van der Waals surface area contributed by atoms with Gasteiger partial charge >= 0.3 is 0 Å². The Labute approximate surface area is 103 Å². The summed E-state index contributed by atoms with van der Waals surface area (Å²) in [5.41, 5.74) is 2.24. The van der Waals surface area contributed by atoms with Crippen LogP contribution >= 0.6 is 0 Å². The maximum Gasteiger partial charge on any atom is 0.234 e. The second-order valence-electron chi connectivity index (χ2n) is 4.15. The van der Waals surface area contributed by atoms with E-state index in [1.165, 1.54) is 0 Å². The molecule has 0 saturated carbocycles. The summed E-state index contributed by atoms with van der Waals surface area (Å²) in [7, 11) is 0. The van der Waals surface area contributed by atoms with Crippen molar-refractivity contribution >= 4 is 5.91 Å². The van der Waals surface area contributed by atoms with E-state index in [4.69, 9.17) is 0 Å². The maximum absolute atomic E-state index is 11.5. The lowest BCUT2D eigenvalue weighted by Gasteiger charge is -2.06. The van der Waals surface area contributed by atoms with Gasteiger partial charge in [-0.2, -0.15) is 0 Å². The summed E-state index contributed by atoms with van der Waals surface area (Å²) in [4.78, 5) is 11.5. The normalized spacial score (nSPS) is 9.94. The molecular weight excluding hydrogens is 212 g/mol. The summed E-state index contributed by atoms with van der Waals surface area (Å²) in [5.74, 6) is 0.0237. The predicted octanol–water partition coefficient (Wildman–Crippen LogP) is 1.86. The highest BCUT2D eigenvalue weighted by Crippen LogP contribution is 1.96. The molecule has 0 aromatic heterocycles. The fourth-order valence-electron chi connectivity index (χ4n) is 1.36. The SMILES string of the molecule is C=C(C)CCNCC(=O)NCc1ccccc1. The molecule has 0 aliphatic rings. The van der Waals surface area contributed by atoms with E-state index in [1.807, 2.05) is 37.3 Å². The lowest BCUT2D eigenvalue weighted by molar-refractivity contribution is -0.120. The quantitative estimate of drug-likeness (QED) is 0.556. The highest BCUT2D eigenvalue weighted by molar-refractivity contribution is 5.77. The van der Waals surface area contributed by atoms with Crippen LogP contribution in [0, 0.1) is 0 Å². The van der Waals surface area contributed by atoms with E-state index in [0.717, 1.165) is 24.1 Å². The molecule has 0 aliphatic carbocycles. The van der Waals surface area contributed by atoms with Gasteiger partial charge in [0.1, 0.15) is 0 Å². The first kappa shape index (κ1) is 13.5. The number of rotatable bonds is 7. The van der Waals surface area contributed by atoms with Crippen LogP contribution in [0.2, 0.25) is 0 Å². The van der Waals surface area contributed by atoms with Crippen molar-refractivity contribution in [3.05, 3.63) is 48.0 Å². The Morgan fingerprint density at radius 1 is 1.29 bits per heavy atom. The van der Waals surface area contributed by atoms with Crippen molar-refractivity contribution in [2.75, 3.05) is 13.1 Å². The van der Waals surface area contributed by atoms with E-state index in [2.05, 4.69) is 17.2 Å². The molecule has 0 saturated heterocycles. The van der Waals surface area contributed by atoms with Crippen molar-refractivity contribution in [2.45, 2.75) is 19.9 Å². The van der Waals surface area contributed by atoms with Gasteiger partial charge in [0.15, 0.2) is 0 Å². The number of carbonyl (C=O) groups is 1. The van der Waals surface area contributed by atoms with Gasteiger partial charge in [0.2, 0.25) is 5.91 Å². The van der Waals surface area contributed by atoms with E-state index in [-0.39, 0.29) is 5.91 Å². The second-order valence-corrected chi connectivity index (χ2v) is 4.15. The van der Waals surface area contributed by atoms with Gasteiger partial charge in [-0.25, -0.2) is 0 Å². The minimum Gasteiger partial charge on any atom is -0.351 e. The predicted molar refractivity (Wildman–Crippen MR) is 70.6 cm³/mol. The second kappa shape index (κ2) is 7.63. The molecule has 2 N–H and O–H groups in total. The van der Waals surface area contributed by atoms with Crippen LogP contribution in [0.3, 0.4) is 0 Å². The molecule has 0 bridgehead atoms. The van der Waals surface area contributed by atoms with Crippen molar-refractivity contribution < 1.29 is 4.79 Å². The van der Waals surface area contributed by atoms with Gasteiger partial charge in [-0.05, 0) is 25.5 Å². The standard InChI is InChI=1S/C14H20N2O/c1-12(2)8-9-15-11-14(17)16-10-13-6-4-3-5-7-13/h3-7,15H,1,8-11H2,2H3,(H,16,17). The molecule has 0 heterocycles. The summed E-state index contributed by atoms with van der Waals surface area (Å²) in [6, 6.07) is 9.88. The van der Waals surface area contributed by atoms with Crippen LogP contribution < -0.4 is 10.6 Å². The van der Waals surface area contributed by atoms with Crippen molar-refractivity contribution in [1.82, 2.24) is 10.6 Å². The smallest absolute Gasteiger partial charge is 0.234 e. The topological polar surface area (TPSA) is 41.1 Å². The lowest BCUT2D eigenvalue weighted by atomic mass is 10.2. The number of amides is 1. The molecule has 1 aromatic carbocycles. The zero-order chi connectivity index (χ0) is 12.5. The summed E-state index contributed by atoms with van der Waals surface area (Å²) >= 11 is 0. The molecule has 17 heavy (non-hydrogen) atoms. The molecule has 0 unspecified atom stereocenters. The van der Waals surface area contributed by atoms with Crippen LogP contribution in [0.5, 0.6) is 0 Å². The zero-order valence-electron chi connectivity index (χ0n) is 10.3. The van der Waals surface area contributed by atoms with Gasteiger partial charge in [0, 0.05) is 6.54 Å². The van der Waals surface area contributed by atoms with Crippen LogP contribution in [0.1, 0.15) is 18.9 Å². The molecule has 0 fully saturated rings. The minimum absolute atomic E-state index is 0.0237. The van der Waals surface area contributed by atoms with Crippen LogP contribution in [-0.2, 0) is 11.3 Å². The number of hydrogen-bond donors (Lipinski definition) is 2. The summed E-state index contributed by atoms with van der Waals surface area (Å²) in [6.07, 6.45) is 0.909. The summed E-state index contributed by atoms with van der Waals surface area (Å²) in [5, 5.41) is 5.94. The largest absolute Gasteiger partial charge is 0.351 e. The Balaban J connectivity index is 2.11. The Hall–Kier alpha value is -1.61. The van der Waals surface area contributed by atoms with E-state index in [1.54, 1.807) is 0 Å². The van der Waals surface area contributed by atoms with Crippen molar-refractivity contribution in [3.63, 3.8) is 0 Å². The van der Waals surface area contributed by atoms with Crippen molar-refractivity contribution in [1.29, 1.82) is 0 Å². The Morgan fingerprint density at radius 2 is 2.00 bits per heavy atom. The highest BCUT2D eigenvalue weighted by atomic mass is 16.1. The summed E-state index contributed by atoms with van der Waals surface area (Å²) < 4.78 is 0. The van der Waals surface area contributed by atoms with Gasteiger partial charge in [-0.15, -0.1) is 6.58 Å². The van der Waals surface area contributed by atoms with Crippen molar-refractivity contribution in [3.8, 4) is 0 Å². The van der Waals surface area contributed by atoms with E-state index in [0.29, 0.717) is 13.1 Å². The molecule has 1 amide bonds. The third-order valence-corrected chi connectivity index (χ3v) is 2.35. The third kappa shape index (κ3) is 6.53. The van der Waals surface area contributed by atoms with E-state index in [9.17, 15) is 4.79 Å². The number of carbonyl (C=O) groups excluding carboxylic acids is 1. The molecule has 1 rings (SSSR count). The van der Waals surface area contributed by atoms with E-state index >= 15 is 0 Å². The molecule has 92 valence electrons. The van der Waals surface area contributed by atoms with Crippen LogP contribution in [0.4, 0.5) is 0 Å². The molecule has 0 spiro atoms. The van der Waals surface area contributed by atoms with Crippen LogP contribution in [-0.4, -0.2) is 19.0 Å². The fraction of sp³-hybridized carbons (Fsp3) is 0.357. The first-order valence-electron chi connectivity index (χ1n) is 5.84. The summed E-state index contributed by atoms with van der Waals surface area (Å²) in [6.45, 7) is 7.54. The third-order valence-electron chi connectivity index (χ3n) is 2.35. The molecule has 3 nitrogen and oxygen atoms in total. The van der Waals surface area contributed by atoms with Crippen LogP contribution in [0.25, 0.3) is 0 Å². The Kier molecular flexibility index (Phi) is 6.04. The van der Waals surface area contributed by atoms with Gasteiger partial charge in [0.25, 0.3) is 0 Å². The first-order valence-corrected chi connectivity index (χ1v) is 5.84. The maximum atomic E-state index is 11.5.